The SMILES string of the molecule is CC[C@@H](C)NC(=O)CCN(c1nc(Cc2ccc(C)cc2)ns1)C(C)C. The summed E-state index contributed by atoms with van der Waals surface area (Å²) < 4.78 is 4.51. The Balaban J connectivity index is 1.98. The lowest BCUT2D eigenvalue weighted by molar-refractivity contribution is -0.121. The minimum atomic E-state index is 0.0920. The van der Waals surface area contributed by atoms with Crippen LogP contribution in [0.4, 0.5) is 5.13 Å². The molecule has 0 bridgehead atoms. The largest absolute Gasteiger partial charge is 0.354 e. The van der Waals surface area contributed by atoms with Crippen LogP contribution in [0.3, 0.4) is 0 Å². The average molecular weight is 375 g/mol. The fourth-order valence-electron chi connectivity index (χ4n) is 2.57. The van der Waals surface area contributed by atoms with Gasteiger partial charge in [0.15, 0.2) is 0 Å². The topological polar surface area (TPSA) is 58.1 Å². The van der Waals surface area contributed by atoms with E-state index in [1.54, 1.807) is 0 Å². The van der Waals surface area contributed by atoms with Crippen LogP contribution in [-0.2, 0) is 11.2 Å². The van der Waals surface area contributed by atoms with Crippen LogP contribution < -0.4 is 10.2 Å². The Morgan fingerprint density at radius 2 is 1.92 bits per heavy atom. The fourth-order valence-corrected chi connectivity index (χ4v) is 3.41. The summed E-state index contributed by atoms with van der Waals surface area (Å²) in [4.78, 5) is 18.9. The number of benzene rings is 1. The van der Waals surface area contributed by atoms with Gasteiger partial charge < -0.3 is 10.2 Å². The summed E-state index contributed by atoms with van der Waals surface area (Å²) in [6.45, 7) is 11.1. The van der Waals surface area contributed by atoms with E-state index < -0.39 is 0 Å². The monoisotopic (exact) mass is 374 g/mol. The Morgan fingerprint density at radius 1 is 1.23 bits per heavy atom. The van der Waals surface area contributed by atoms with E-state index in [0.717, 1.165) is 23.8 Å². The highest BCUT2D eigenvalue weighted by Crippen LogP contribution is 2.21. The lowest BCUT2D eigenvalue weighted by atomic mass is 10.1. The number of hydrogen-bond acceptors (Lipinski definition) is 5. The quantitative estimate of drug-likeness (QED) is 0.722. The second-order valence-electron chi connectivity index (χ2n) is 7.07. The number of aromatic nitrogens is 2. The number of hydrogen-bond donors (Lipinski definition) is 1. The normalized spacial score (nSPS) is 12.2. The molecule has 0 radical (unpaired) electrons. The summed E-state index contributed by atoms with van der Waals surface area (Å²) >= 11 is 1.41. The van der Waals surface area contributed by atoms with Crippen LogP contribution in [0.15, 0.2) is 24.3 Å². The molecule has 1 heterocycles. The van der Waals surface area contributed by atoms with Gasteiger partial charge in [-0.25, -0.2) is 4.98 Å². The Kier molecular flexibility index (Phi) is 7.57. The van der Waals surface area contributed by atoms with E-state index in [1.807, 2.05) is 6.92 Å². The maximum absolute atomic E-state index is 12.1. The molecule has 5 nitrogen and oxygen atoms in total. The van der Waals surface area contributed by atoms with E-state index in [2.05, 4.69) is 66.6 Å². The first-order valence-electron chi connectivity index (χ1n) is 9.33. The zero-order valence-electron chi connectivity index (χ0n) is 16.5. The van der Waals surface area contributed by atoms with Gasteiger partial charge in [-0.3, -0.25) is 4.79 Å². The average Bonchev–Trinajstić information content (AvgIpc) is 3.04. The maximum Gasteiger partial charge on any atom is 0.221 e. The number of nitrogens with one attached hydrogen (secondary N) is 1. The highest BCUT2D eigenvalue weighted by atomic mass is 32.1. The maximum atomic E-state index is 12.1. The van der Waals surface area contributed by atoms with Crippen LogP contribution in [-0.4, -0.2) is 33.9 Å². The van der Waals surface area contributed by atoms with Crippen molar-refractivity contribution in [1.29, 1.82) is 0 Å². The van der Waals surface area contributed by atoms with E-state index in [1.165, 1.54) is 22.7 Å². The summed E-state index contributed by atoms with van der Waals surface area (Å²) in [6.07, 6.45) is 2.14. The Hall–Kier alpha value is -1.95. The standard InChI is InChI=1S/C20H30N4OS/c1-6-16(5)21-19(25)11-12-24(14(2)3)20-22-18(23-26-20)13-17-9-7-15(4)8-10-17/h7-10,14,16H,6,11-13H2,1-5H3,(H,21,25)/t16-/m1/s1. The first-order chi connectivity index (χ1) is 12.4. The van der Waals surface area contributed by atoms with Crippen molar-refractivity contribution in [3.63, 3.8) is 0 Å². The van der Waals surface area contributed by atoms with Gasteiger partial charge in [0.2, 0.25) is 11.0 Å². The summed E-state index contributed by atoms with van der Waals surface area (Å²) in [5.74, 6) is 0.929. The smallest absolute Gasteiger partial charge is 0.221 e. The molecule has 1 N–H and O–H groups in total. The molecule has 26 heavy (non-hydrogen) atoms. The zero-order valence-corrected chi connectivity index (χ0v) is 17.3. The van der Waals surface area contributed by atoms with E-state index in [-0.39, 0.29) is 18.0 Å². The first kappa shape index (κ1) is 20.4. The Bertz CT molecular complexity index is 696. The molecule has 0 aliphatic rings. The minimum absolute atomic E-state index is 0.0920. The van der Waals surface area contributed by atoms with Crippen LogP contribution in [0.25, 0.3) is 0 Å². The summed E-state index contributed by atoms with van der Waals surface area (Å²) in [5, 5.41) is 3.91. The highest BCUT2D eigenvalue weighted by Gasteiger charge is 2.17. The summed E-state index contributed by atoms with van der Waals surface area (Å²) in [6, 6.07) is 8.95. The molecule has 0 aliphatic heterocycles. The van der Waals surface area contributed by atoms with Crippen LogP contribution >= 0.6 is 11.5 Å². The minimum Gasteiger partial charge on any atom is -0.354 e. The lowest BCUT2D eigenvalue weighted by Gasteiger charge is -2.25. The van der Waals surface area contributed by atoms with Crippen molar-refractivity contribution in [2.75, 3.05) is 11.4 Å². The predicted molar refractivity (Wildman–Crippen MR) is 109 cm³/mol. The van der Waals surface area contributed by atoms with Crippen molar-refractivity contribution in [1.82, 2.24) is 14.7 Å². The van der Waals surface area contributed by atoms with E-state index in [4.69, 9.17) is 4.98 Å². The lowest BCUT2D eigenvalue weighted by Crippen LogP contribution is -2.37. The molecule has 0 spiro atoms. The Morgan fingerprint density at radius 3 is 2.54 bits per heavy atom. The van der Waals surface area contributed by atoms with Crippen molar-refractivity contribution >= 4 is 22.6 Å². The molecule has 1 atom stereocenters. The Labute approximate surface area is 161 Å². The second-order valence-corrected chi connectivity index (χ2v) is 7.80. The molecule has 2 aromatic rings. The van der Waals surface area contributed by atoms with E-state index >= 15 is 0 Å². The molecule has 0 aliphatic carbocycles. The van der Waals surface area contributed by atoms with Crippen molar-refractivity contribution < 1.29 is 4.79 Å². The molecule has 1 aromatic carbocycles. The summed E-state index contributed by atoms with van der Waals surface area (Å²) in [7, 11) is 0. The van der Waals surface area contributed by atoms with Crippen LogP contribution in [0, 0.1) is 6.92 Å². The van der Waals surface area contributed by atoms with E-state index in [0.29, 0.717) is 13.0 Å². The van der Waals surface area contributed by atoms with Gasteiger partial charge in [0, 0.05) is 43.0 Å². The number of anilines is 1. The molecule has 0 saturated carbocycles. The van der Waals surface area contributed by atoms with Gasteiger partial charge in [0.25, 0.3) is 0 Å². The number of aryl methyl sites for hydroxylation is 1. The predicted octanol–water partition coefficient (Wildman–Crippen LogP) is 3.96. The first-order valence-corrected chi connectivity index (χ1v) is 10.1. The van der Waals surface area contributed by atoms with Gasteiger partial charge in [0.1, 0.15) is 5.82 Å². The van der Waals surface area contributed by atoms with Gasteiger partial charge >= 0.3 is 0 Å². The molecular formula is C20H30N4OS. The van der Waals surface area contributed by atoms with Gasteiger partial charge in [-0.2, -0.15) is 4.37 Å². The fraction of sp³-hybridized carbons (Fsp3) is 0.550. The molecule has 1 amide bonds. The number of carbonyl (C=O) groups excluding carboxylic acids is 1. The van der Waals surface area contributed by atoms with Crippen LogP contribution in [0.1, 0.15) is 57.5 Å². The van der Waals surface area contributed by atoms with Crippen molar-refractivity contribution in [3.8, 4) is 0 Å². The van der Waals surface area contributed by atoms with Gasteiger partial charge in [-0.1, -0.05) is 36.8 Å². The molecule has 142 valence electrons. The third kappa shape index (κ3) is 6.09. The number of amides is 1. The van der Waals surface area contributed by atoms with E-state index in [9.17, 15) is 4.79 Å². The molecule has 0 fully saturated rings. The molecule has 1 aromatic heterocycles. The number of rotatable bonds is 9. The van der Waals surface area contributed by atoms with Crippen LogP contribution in [0.5, 0.6) is 0 Å². The molecule has 6 heteroatoms. The third-order valence-electron chi connectivity index (χ3n) is 4.41. The molecule has 0 unspecified atom stereocenters. The van der Waals surface area contributed by atoms with Gasteiger partial charge in [-0.05, 0) is 39.7 Å². The molecule has 2 rings (SSSR count). The van der Waals surface area contributed by atoms with Crippen molar-refractivity contribution in [2.45, 2.75) is 66.0 Å². The molecular weight excluding hydrogens is 344 g/mol. The number of nitrogens with zero attached hydrogens (tertiary/aromatic N) is 3. The van der Waals surface area contributed by atoms with Gasteiger partial charge in [0.05, 0.1) is 0 Å². The zero-order chi connectivity index (χ0) is 19.1. The number of carbonyl (C=O) groups is 1. The highest BCUT2D eigenvalue weighted by molar-refractivity contribution is 7.09. The van der Waals surface area contributed by atoms with Crippen LogP contribution in [0.2, 0.25) is 0 Å². The van der Waals surface area contributed by atoms with Crippen molar-refractivity contribution in [2.24, 2.45) is 0 Å². The van der Waals surface area contributed by atoms with Crippen molar-refractivity contribution in [3.05, 3.63) is 41.2 Å². The third-order valence-corrected chi connectivity index (χ3v) is 5.20. The van der Waals surface area contributed by atoms with Gasteiger partial charge in [-0.15, -0.1) is 0 Å². The second kappa shape index (κ2) is 9.67. The molecule has 0 saturated heterocycles. The summed E-state index contributed by atoms with van der Waals surface area (Å²) in [5.41, 5.74) is 2.46.